The molecule has 0 aliphatic carbocycles. The van der Waals surface area contributed by atoms with Crippen LogP contribution in [-0.2, 0) is 10.0 Å². The summed E-state index contributed by atoms with van der Waals surface area (Å²) in [7, 11) is -2.02. The van der Waals surface area contributed by atoms with E-state index in [4.69, 9.17) is 10.2 Å². The molecule has 0 amide bonds. The first-order valence-corrected chi connectivity index (χ1v) is 5.24. The van der Waals surface area contributed by atoms with Crippen LogP contribution in [0.5, 0.6) is 0 Å². The summed E-state index contributed by atoms with van der Waals surface area (Å²) in [5.41, 5.74) is 0. The van der Waals surface area contributed by atoms with Gasteiger partial charge in [0.2, 0.25) is 10.0 Å². The molecule has 0 radical (unpaired) electrons. The molecular formula is C6H15NO4S. The fourth-order valence-electron chi connectivity index (χ4n) is 0.648. The molecule has 0 aromatic rings. The summed E-state index contributed by atoms with van der Waals surface area (Å²) in [6.07, 6.45) is 0. The summed E-state index contributed by atoms with van der Waals surface area (Å²) in [4.78, 5) is 0. The lowest BCUT2D eigenvalue weighted by Crippen LogP contribution is -2.39. The van der Waals surface area contributed by atoms with E-state index in [2.05, 4.69) is 0 Å². The molecule has 0 rings (SSSR count). The molecule has 0 heterocycles. The van der Waals surface area contributed by atoms with Gasteiger partial charge in [-0.3, -0.25) is 0 Å². The van der Waals surface area contributed by atoms with Crippen molar-refractivity contribution in [3.05, 3.63) is 0 Å². The van der Waals surface area contributed by atoms with Gasteiger partial charge in [-0.2, -0.15) is 4.31 Å². The Labute approximate surface area is 72.7 Å². The first-order chi connectivity index (χ1) is 5.45. The molecule has 0 aromatic heterocycles. The lowest BCUT2D eigenvalue weighted by molar-refractivity contribution is 0.212. The topological polar surface area (TPSA) is 77.8 Å². The largest absolute Gasteiger partial charge is 0.395 e. The molecule has 0 aliphatic rings. The molecule has 2 N–H and O–H groups in total. The standard InChI is InChI=1S/C6H15NO4S/c1-6(5-9)7(2)12(10,11)4-3-8/h6,8-9H,3-5H2,1-2H3. The smallest absolute Gasteiger partial charge is 0.216 e. The van der Waals surface area contributed by atoms with Gasteiger partial charge in [0.1, 0.15) is 0 Å². The van der Waals surface area contributed by atoms with Gasteiger partial charge in [0.05, 0.1) is 19.0 Å². The minimum atomic E-state index is -3.40. The maximum Gasteiger partial charge on any atom is 0.216 e. The lowest BCUT2D eigenvalue weighted by atomic mass is 10.4. The maximum absolute atomic E-state index is 11.2. The zero-order valence-electron chi connectivity index (χ0n) is 7.27. The number of nitrogens with zero attached hydrogens (tertiary/aromatic N) is 1. The molecule has 5 nitrogen and oxygen atoms in total. The quantitative estimate of drug-likeness (QED) is 0.569. The van der Waals surface area contributed by atoms with Crippen molar-refractivity contribution < 1.29 is 18.6 Å². The summed E-state index contributed by atoms with van der Waals surface area (Å²) < 4.78 is 23.4. The van der Waals surface area contributed by atoms with E-state index < -0.39 is 22.7 Å². The predicted molar refractivity (Wildman–Crippen MR) is 45.2 cm³/mol. The van der Waals surface area contributed by atoms with Crippen LogP contribution in [0.25, 0.3) is 0 Å². The van der Waals surface area contributed by atoms with Crippen molar-refractivity contribution in [3.63, 3.8) is 0 Å². The van der Waals surface area contributed by atoms with Gasteiger partial charge in [-0.1, -0.05) is 0 Å². The van der Waals surface area contributed by atoms with Crippen molar-refractivity contribution in [3.8, 4) is 0 Å². The highest BCUT2D eigenvalue weighted by Gasteiger charge is 2.21. The first kappa shape index (κ1) is 11.8. The Kier molecular flexibility index (Phi) is 4.69. The Morgan fingerprint density at radius 3 is 2.25 bits per heavy atom. The number of rotatable bonds is 5. The number of hydrogen-bond donors (Lipinski definition) is 2. The summed E-state index contributed by atoms with van der Waals surface area (Å²) >= 11 is 0. The Morgan fingerprint density at radius 2 is 1.92 bits per heavy atom. The molecule has 0 aromatic carbocycles. The van der Waals surface area contributed by atoms with Gasteiger partial charge in [-0.05, 0) is 6.92 Å². The van der Waals surface area contributed by atoms with Crippen LogP contribution < -0.4 is 0 Å². The summed E-state index contributed by atoms with van der Waals surface area (Å²) in [5.74, 6) is -0.298. The van der Waals surface area contributed by atoms with Crippen LogP contribution in [0.3, 0.4) is 0 Å². The zero-order chi connectivity index (χ0) is 9.78. The Balaban J connectivity index is 4.35. The maximum atomic E-state index is 11.2. The molecule has 0 bridgehead atoms. The van der Waals surface area contributed by atoms with Gasteiger partial charge in [0.25, 0.3) is 0 Å². The molecule has 0 fully saturated rings. The average Bonchev–Trinajstić information content (AvgIpc) is 2.01. The molecular weight excluding hydrogens is 182 g/mol. The number of hydrogen-bond acceptors (Lipinski definition) is 4. The minimum absolute atomic E-state index is 0.221. The van der Waals surface area contributed by atoms with Crippen LogP contribution >= 0.6 is 0 Å². The van der Waals surface area contributed by atoms with Gasteiger partial charge in [0, 0.05) is 13.1 Å². The molecule has 0 spiro atoms. The second-order valence-electron chi connectivity index (χ2n) is 2.59. The molecule has 0 saturated heterocycles. The Hall–Kier alpha value is -0.170. The number of likely N-dealkylation sites (N-methyl/N-ethyl adjacent to an activating group) is 1. The van der Waals surface area contributed by atoms with Crippen LogP contribution in [0.1, 0.15) is 6.92 Å². The van der Waals surface area contributed by atoms with Crippen molar-refractivity contribution in [2.24, 2.45) is 0 Å². The normalized spacial score (nSPS) is 15.1. The highest BCUT2D eigenvalue weighted by molar-refractivity contribution is 7.89. The van der Waals surface area contributed by atoms with Crippen molar-refractivity contribution in [1.29, 1.82) is 0 Å². The number of aliphatic hydroxyl groups is 2. The minimum Gasteiger partial charge on any atom is -0.395 e. The zero-order valence-corrected chi connectivity index (χ0v) is 8.08. The van der Waals surface area contributed by atoms with Gasteiger partial charge in [0.15, 0.2) is 0 Å². The van der Waals surface area contributed by atoms with E-state index in [1.54, 1.807) is 6.92 Å². The van der Waals surface area contributed by atoms with Crippen LogP contribution in [0.15, 0.2) is 0 Å². The molecule has 0 aliphatic heterocycles. The molecule has 0 saturated carbocycles. The highest BCUT2D eigenvalue weighted by Crippen LogP contribution is 2.03. The van der Waals surface area contributed by atoms with Gasteiger partial charge >= 0.3 is 0 Å². The Bertz CT molecular complexity index is 214. The summed E-state index contributed by atoms with van der Waals surface area (Å²) in [6.45, 7) is 0.973. The average molecular weight is 197 g/mol. The monoisotopic (exact) mass is 197 g/mol. The molecule has 12 heavy (non-hydrogen) atoms. The number of sulfonamides is 1. The van der Waals surface area contributed by atoms with Crippen LogP contribution in [0.2, 0.25) is 0 Å². The molecule has 74 valence electrons. The summed E-state index contributed by atoms with van der Waals surface area (Å²) in [6, 6.07) is -0.443. The predicted octanol–water partition coefficient (Wildman–Crippen LogP) is -1.38. The van der Waals surface area contributed by atoms with E-state index in [-0.39, 0.29) is 12.4 Å². The second kappa shape index (κ2) is 4.76. The SMILES string of the molecule is CC(CO)N(C)S(=O)(=O)CCO. The van der Waals surface area contributed by atoms with E-state index in [0.717, 1.165) is 4.31 Å². The fourth-order valence-corrected chi connectivity index (χ4v) is 1.78. The molecule has 1 atom stereocenters. The Morgan fingerprint density at radius 1 is 1.42 bits per heavy atom. The molecule has 6 heteroatoms. The van der Waals surface area contributed by atoms with E-state index in [9.17, 15) is 8.42 Å². The third-order valence-electron chi connectivity index (χ3n) is 1.67. The van der Waals surface area contributed by atoms with E-state index in [1.807, 2.05) is 0 Å². The fraction of sp³-hybridized carbons (Fsp3) is 1.00. The van der Waals surface area contributed by atoms with Crippen LogP contribution in [-0.4, -0.2) is 55.0 Å². The van der Waals surface area contributed by atoms with Crippen molar-refractivity contribution in [2.75, 3.05) is 26.0 Å². The third kappa shape index (κ3) is 3.06. The van der Waals surface area contributed by atoms with Crippen molar-refractivity contribution >= 4 is 10.0 Å². The third-order valence-corrected chi connectivity index (χ3v) is 3.61. The van der Waals surface area contributed by atoms with Gasteiger partial charge in [-0.25, -0.2) is 8.42 Å². The summed E-state index contributed by atoms with van der Waals surface area (Å²) in [5, 5.41) is 17.1. The van der Waals surface area contributed by atoms with Crippen molar-refractivity contribution in [1.82, 2.24) is 4.31 Å². The molecule has 1 unspecified atom stereocenters. The number of aliphatic hydroxyl groups excluding tert-OH is 2. The van der Waals surface area contributed by atoms with Gasteiger partial charge in [-0.15, -0.1) is 0 Å². The second-order valence-corrected chi connectivity index (χ2v) is 4.74. The van der Waals surface area contributed by atoms with E-state index in [0.29, 0.717) is 0 Å². The van der Waals surface area contributed by atoms with Gasteiger partial charge < -0.3 is 10.2 Å². The van der Waals surface area contributed by atoms with Crippen LogP contribution in [0.4, 0.5) is 0 Å². The van der Waals surface area contributed by atoms with E-state index >= 15 is 0 Å². The van der Waals surface area contributed by atoms with Crippen molar-refractivity contribution in [2.45, 2.75) is 13.0 Å². The highest BCUT2D eigenvalue weighted by atomic mass is 32.2. The van der Waals surface area contributed by atoms with Crippen LogP contribution in [0, 0.1) is 0 Å². The van der Waals surface area contributed by atoms with E-state index in [1.165, 1.54) is 7.05 Å². The first-order valence-electron chi connectivity index (χ1n) is 3.63. The lowest BCUT2D eigenvalue weighted by Gasteiger charge is -2.21.